The van der Waals surface area contributed by atoms with Gasteiger partial charge in [0.05, 0.1) is 6.42 Å². The van der Waals surface area contributed by atoms with Crippen LogP contribution in [0.4, 0.5) is 0 Å². The molecule has 1 amide bonds. The number of hydrogen-bond acceptors (Lipinski definition) is 2. The van der Waals surface area contributed by atoms with Crippen LogP contribution in [0.5, 0.6) is 0 Å². The molecule has 1 aliphatic heterocycles. The van der Waals surface area contributed by atoms with Crippen molar-refractivity contribution in [3.63, 3.8) is 0 Å². The van der Waals surface area contributed by atoms with Crippen LogP contribution in [0, 0.1) is 5.92 Å². The Balaban J connectivity index is 1.89. The first-order valence-electron chi connectivity index (χ1n) is 7.42. The summed E-state index contributed by atoms with van der Waals surface area (Å²) in [5, 5.41) is 4.08. The largest absolute Gasteiger partial charge is 0.342 e. The summed E-state index contributed by atoms with van der Waals surface area (Å²) in [6.45, 7) is 5.89. The van der Waals surface area contributed by atoms with Crippen molar-refractivity contribution < 1.29 is 4.79 Å². The Kier molecular flexibility index (Phi) is 5.86. The van der Waals surface area contributed by atoms with Crippen molar-refractivity contribution in [2.24, 2.45) is 5.92 Å². The monoisotopic (exact) mass is 294 g/mol. The number of benzene rings is 1. The SMILES string of the molecule is CCN(CC1CCNCC1)C(=O)Cc1ccc(Cl)cc1. The smallest absolute Gasteiger partial charge is 0.226 e. The Morgan fingerprint density at radius 3 is 2.55 bits per heavy atom. The average Bonchev–Trinajstić information content (AvgIpc) is 2.48. The Morgan fingerprint density at radius 2 is 1.95 bits per heavy atom. The first-order chi connectivity index (χ1) is 9.69. The molecule has 4 heteroatoms. The van der Waals surface area contributed by atoms with E-state index < -0.39 is 0 Å². The number of carbonyl (C=O) groups excluding carboxylic acids is 1. The Bertz CT molecular complexity index is 427. The first-order valence-corrected chi connectivity index (χ1v) is 7.79. The molecule has 3 nitrogen and oxygen atoms in total. The maximum Gasteiger partial charge on any atom is 0.226 e. The molecule has 20 heavy (non-hydrogen) atoms. The minimum absolute atomic E-state index is 0.216. The predicted molar refractivity (Wildman–Crippen MR) is 83.0 cm³/mol. The van der Waals surface area contributed by atoms with Gasteiger partial charge in [-0.3, -0.25) is 4.79 Å². The Labute approximate surface area is 126 Å². The van der Waals surface area contributed by atoms with Crippen LogP contribution in [-0.4, -0.2) is 37.0 Å². The van der Waals surface area contributed by atoms with Crippen LogP contribution < -0.4 is 5.32 Å². The van der Waals surface area contributed by atoms with Gasteiger partial charge in [-0.25, -0.2) is 0 Å². The van der Waals surface area contributed by atoms with E-state index in [9.17, 15) is 4.79 Å². The molecule has 0 unspecified atom stereocenters. The zero-order valence-corrected chi connectivity index (χ0v) is 12.8. The van der Waals surface area contributed by atoms with Crippen molar-refractivity contribution in [1.82, 2.24) is 10.2 Å². The molecule has 1 aliphatic rings. The van der Waals surface area contributed by atoms with Crippen LogP contribution in [0.2, 0.25) is 5.02 Å². The Hall–Kier alpha value is -1.06. The highest BCUT2D eigenvalue weighted by Gasteiger charge is 2.19. The van der Waals surface area contributed by atoms with Crippen molar-refractivity contribution in [3.05, 3.63) is 34.9 Å². The summed E-state index contributed by atoms with van der Waals surface area (Å²) < 4.78 is 0. The second-order valence-electron chi connectivity index (χ2n) is 5.43. The molecule has 1 aromatic carbocycles. The number of likely N-dealkylation sites (N-methyl/N-ethyl adjacent to an activating group) is 1. The van der Waals surface area contributed by atoms with E-state index in [1.807, 2.05) is 29.2 Å². The first kappa shape index (κ1) is 15.3. The van der Waals surface area contributed by atoms with E-state index in [-0.39, 0.29) is 5.91 Å². The van der Waals surface area contributed by atoms with Crippen LogP contribution in [0.1, 0.15) is 25.3 Å². The summed E-state index contributed by atoms with van der Waals surface area (Å²) in [4.78, 5) is 14.4. The molecule has 0 atom stereocenters. The lowest BCUT2D eigenvalue weighted by molar-refractivity contribution is -0.131. The van der Waals surface area contributed by atoms with Crippen molar-refractivity contribution in [1.29, 1.82) is 0 Å². The van der Waals surface area contributed by atoms with Crippen molar-refractivity contribution in [2.45, 2.75) is 26.2 Å². The van der Waals surface area contributed by atoms with Gasteiger partial charge in [0.1, 0.15) is 0 Å². The summed E-state index contributed by atoms with van der Waals surface area (Å²) in [6, 6.07) is 7.54. The molecule has 0 radical (unpaired) electrons. The summed E-state index contributed by atoms with van der Waals surface area (Å²) in [5.41, 5.74) is 1.03. The number of nitrogens with zero attached hydrogens (tertiary/aromatic N) is 1. The van der Waals surface area contributed by atoms with Gasteiger partial charge >= 0.3 is 0 Å². The average molecular weight is 295 g/mol. The van der Waals surface area contributed by atoms with E-state index in [2.05, 4.69) is 12.2 Å². The molecule has 110 valence electrons. The van der Waals surface area contributed by atoms with E-state index in [1.165, 1.54) is 12.8 Å². The van der Waals surface area contributed by atoms with E-state index in [4.69, 9.17) is 11.6 Å². The van der Waals surface area contributed by atoms with Crippen LogP contribution in [0.3, 0.4) is 0 Å². The lowest BCUT2D eigenvalue weighted by Gasteiger charge is -2.29. The molecule has 1 fully saturated rings. The number of nitrogens with one attached hydrogen (secondary N) is 1. The number of rotatable bonds is 5. The normalized spacial score (nSPS) is 16.1. The maximum absolute atomic E-state index is 12.4. The number of halogens is 1. The second-order valence-corrected chi connectivity index (χ2v) is 5.87. The summed E-state index contributed by atoms with van der Waals surface area (Å²) in [5.74, 6) is 0.860. The molecule has 0 spiro atoms. The highest BCUT2D eigenvalue weighted by atomic mass is 35.5. The molecule has 0 saturated carbocycles. The van der Waals surface area contributed by atoms with Gasteiger partial charge < -0.3 is 10.2 Å². The van der Waals surface area contributed by atoms with Crippen molar-refractivity contribution >= 4 is 17.5 Å². The maximum atomic E-state index is 12.4. The summed E-state index contributed by atoms with van der Waals surface area (Å²) in [6.07, 6.45) is 2.81. The molecule has 0 aromatic heterocycles. The van der Waals surface area contributed by atoms with Crippen molar-refractivity contribution in [3.8, 4) is 0 Å². The van der Waals surface area contributed by atoms with Crippen LogP contribution >= 0.6 is 11.6 Å². The predicted octanol–water partition coefficient (Wildman–Crippen LogP) is 2.73. The van der Waals surface area contributed by atoms with E-state index in [0.717, 1.165) is 31.7 Å². The molecule has 0 aliphatic carbocycles. The third kappa shape index (κ3) is 4.50. The molecule has 1 saturated heterocycles. The van der Waals surface area contributed by atoms with E-state index in [0.29, 0.717) is 17.4 Å². The summed E-state index contributed by atoms with van der Waals surface area (Å²) in [7, 11) is 0. The number of hydrogen-bond donors (Lipinski definition) is 1. The fraction of sp³-hybridized carbons (Fsp3) is 0.562. The molecule has 0 bridgehead atoms. The molecule has 2 rings (SSSR count). The Morgan fingerprint density at radius 1 is 1.30 bits per heavy atom. The third-order valence-corrected chi connectivity index (χ3v) is 4.19. The molecule has 1 aromatic rings. The minimum Gasteiger partial charge on any atom is -0.342 e. The second kappa shape index (κ2) is 7.65. The van der Waals surface area contributed by atoms with Crippen LogP contribution in [-0.2, 0) is 11.2 Å². The van der Waals surface area contributed by atoms with Gasteiger partial charge in [-0.15, -0.1) is 0 Å². The lowest BCUT2D eigenvalue weighted by atomic mass is 9.97. The third-order valence-electron chi connectivity index (χ3n) is 3.94. The fourth-order valence-corrected chi connectivity index (χ4v) is 2.80. The van der Waals surface area contributed by atoms with Gasteiger partial charge in [0.2, 0.25) is 5.91 Å². The number of carbonyl (C=O) groups is 1. The molecular formula is C16H23ClN2O. The van der Waals surface area contributed by atoms with E-state index >= 15 is 0 Å². The van der Waals surface area contributed by atoms with Gasteiger partial charge in [-0.05, 0) is 56.5 Å². The van der Waals surface area contributed by atoms with Gasteiger partial charge in [0.25, 0.3) is 0 Å². The van der Waals surface area contributed by atoms with Gasteiger partial charge in [0, 0.05) is 18.1 Å². The zero-order valence-electron chi connectivity index (χ0n) is 12.1. The molecule has 1 heterocycles. The fourth-order valence-electron chi connectivity index (χ4n) is 2.67. The summed E-state index contributed by atoms with van der Waals surface area (Å²) >= 11 is 5.87. The standard InChI is InChI=1S/C16H23ClN2O/c1-2-19(12-14-7-9-18-10-8-14)16(20)11-13-3-5-15(17)6-4-13/h3-6,14,18H,2,7-12H2,1H3. The van der Waals surface area contributed by atoms with Crippen LogP contribution in [0.15, 0.2) is 24.3 Å². The minimum atomic E-state index is 0.216. The van der Waals surface area contributed by atoms with Gasteiger partial charge in [-0.2, -0.15) is 0 Å². The van der Waals surface area contributed by atoms with Gasteiger partial charge in [0.15, 0.2) is 0 Å². The molecule has 1 N–H and O–H groups in total. The van der Waals surface area contributed by atoms with Gasteiger partial charge in [-0.1, -0.05) is 23.7 Å². The van der Waals surface area contributed by atoms with Crippen molar-refractivity contribution in [2.75, 3.05) is 26.2 Å². The molecular weight excluding hydrogens is 272 g/mol. The van der Waals surface area contributed by atoms with E-state index in [1.54, 1.807) is 0 Å². The highest BCUT2D eigenvalue weighted by Crippen LogP contribution is 2.15. The highest BCUT2D eigenvalue weighted by molar-refractivity contribution is 6.30. The quantitative estimate of drug-likeness (QED) is 0.906. The topological polar surface area (TPSA) is 32.3 Å². The van der Waals surface area contributed by atoms with Crippen LogP contribution in [0.25, 0.3) is 0 Å². The number of piperidine rings is 1. The lowest BCUT2D eigenvalue weighted by Crippen LogP contribution is -2.39. The zero-order chi connectivity index (χ0) is 14.4. The number of amides is 1.